The smallest absolute Gasteiger partial charge is 0.183 e. The molecule has 0 saturated heterocycles. The molecule has 0 unspecified atom stereocenters. The van der Waals surface area contributed by atoms with Crippen LogP contribution in [0.5, 0.6) is 11.5 Å². The first-order chi connectivity index (χ1) is 26.6. The highest BCUT2D eigenvalue weighted by atomic mass is 35.5. The van der Waals surface area contributed by atoms with E-state index in [0.717, 1.165) is 44.8 Å². The molecule has 0 bridgehead atoms. The van der Waals surface area contributed by atoms with Gasteiger partial charge in [-0.3, -0.25) is 10.2 Å². The summed E-state index contributed by atoms with van der Waals surface area (Å²) in [6.45, 7) is 7.40. The van der Waals surface area contributed by atoms with Gasteiger partial charge in [0, 0.05) is 39.1 Å². The van der Waals surface area contributed by atoms with Crippen molar-refractivity contribution in [2.45, 2.75) is 38.8 Å². The topological polar surface area (TPSA) is 166 Å². The lowest BCUT2D eigenvalue weighted by molar-refractivity contribution is 0.416. The van der Waals surface area contributed by atoms with Crippen LogP contribution in [0, 0.1) is 35.3 Å². The van der Waals surface area contributed by atoms with E-state index in [-0.39, 0.29) is 5.69 Å². The maximum absolute atomic E-state index is 13.9. The molecule has 0 atom stereocenters. The lowest BCUT2D eigenvalue weighted by Crippen LogP contribution is -2.29. The molecular formula is C42H38ClF2N9O2. The number of methoxy groups -OCH3 is 2. The van der Waals surface area contributed by atoms with Crippen molar-refractivity contribution in [3.05, 3.63) is 107 Å². The highest BCUT2D eigenvalue weighted by molar-refractivity contribution is 6.29. The number of H-pyrrole nitrogens is 2. The Morgan fingerprint density at radius 3 is 1.70 bits per heavy atom. The monoisotopic (exact) mass is 773 g/mol. The molecule has 7 aromatic rings. The molecule has 4 heterocycles. The van der Waals surface area contributed by atoms with Gasteiger partial charge in [0.15, 0.2) is 11.3 Å². The molecule has 0 spiro atoms. The quantitative estimate of drug-likeness (QED) is 0.0829. The van der Waals surface area contributed by atoms with Crippen molar-refractivity contribution < 1.29 is 18.3 Å². The van der Waals surface area contributed by atoms with Crippen molar-refractivity contribution >= 4 is 45.2 Å². The van der Waals surface area contributed by atoms with Crippen molar-refractivity contribution in [1.82, 2.24) is 30.4 Å². The van der Waals surface area contributed by atoms with Crippen LogP contribution in [-0.4, -0.2) is 55.7 Å². The predicted octanol–water partition coefficient (Wildman–Crippen LogP) is 8.12. The van der Waals surface area contributed by atoms with Gasteiger partial charge in [0.25, 0.3) is 0 Å². The summed E-state index contributed by atoms with van der Waals surface area (Å²) < 4.78 is 38.1. The van der Waals surface area contributed by atoms with Crippen molar-refractivity contribution in [2.24, 2.45) is 11.5 Å². The second-order valence-electron chi connectivity index (χ2n) is 13.8. The first-order valence-electron chi connectivity index (χ1n) is 17.2. The van der Waals surface area contributed by atoms with Gasteiger partial charge in [0.1, 0.15) is 34.1 Å². The summed E-state index contributed by atoms with van der Waals surface area (Å²) in [4.78, 5) is 8.63. The van der Waals surface area contributed by atoms with Crippen LogP contribution in [0.3, 0.4) is 0 Å². The van der Waals surface area contributed by atoms with Gasteiger partial charge >= 0.3 is 0 Å². The number of aromatic nitrogens is 6. The summed E-state index contributed by atoms with van der Waals surface area (Å²) in [6.07, 6.45) is 0. The Balaban J connectivity index is 0.000000198. The van der Waals surface area contributed by atoms with E-state index in [9.17, 15) is 8.78 Å². The Bertz CT molecular complexity index is 2690. The van der Waals surface area contributed by atoms with E-state index >= 15 is 0 Å². The number of rotatable bonds is 6. The number of fused-ring (bicyclic) bond motifs is 2. The van der Waals surface area contributed by atoms with Crippen molar-refractivity contribution in [3.8, 4) is 57.7 Å². The van der Waals surface area contributed by atoms with Gasteiger partial charge in [-0.05, 0) is 100 Å². The third-order valence-electron chi connectivity index (χ3n) is 7.99. The summed E-state index contributed by atoms with van der Waals surface area (Å²) in [5.41, 5.74) is 16.6. The third kappa shape index (κ3) is 9.40. The zero-order valence-corrected chi connectivity index (χ0v) is 32.2. The van der Waals surface area contributed by atoms with Gasteiger partial charge < -0.3 is 26.3 Å². The van der Waals surface area contributed by atoms with E-state index < -0.39 is 22.7 Å². The number of aromatic amines is 2. The van der Waals surface area contributed by atoms with Crippen LogP contribution < -0.4 is 26.3 Å². The van der Waals surface area contributed by atoms with Crippen LogP contribution in [0.4, 0.5) is 20.3 Å². The molecule has 0 aliphatic heterocycles. The molecule has 56 heavy (non-hydrogen) atoms. The van der Waals surface area contributed by atoms with Crippen LogP contribution in [0.25, 0.3) is 44.6 Å². The van der Waals surface area contributed by atoms with E-state index in [1.807, 2.05) is 76.2 Å². The minimum Gasteiger partial charge on any atom is -0.496 e. The summed E-state index contributed by atoms with van der Waals surface area (Å²) in [7, 11) is 3.21. The number of ether oxygens (including phenoxy) is 2. The molecule has 7 N–H and O–H groups in total. The van der Waals surface area contributed by atoms with Crippen LogP contribution >= 0.6 is 11.6 Å². The molecule has 0 saturated carbocycles. The van der Waals surface area contributed by atoms with E-state index in [1.54, 1.807) is 26.4 Å². The Kier molecular flexibility index (Phi) is 11.2. The number of nitrogens with one attached hydrogen (secondary N) is 3. The summed E-state index contributed by atoms with van der Waals surface area (Å²) in [6, 6.07) is 21.7. The maximum Gasteiger partial charge on any atom is 0.183 e. The molecule has 0 aliphatic rings. The number of nitrogens with zero attached hydrogens (tertiary/aromatic N) is 4. The highest BCUT2D eigenvalue weighted by Gasteiger charge is 2.17. The van der Waals surface area contributed by atoms with Crippen molar-refractivity contribution in [3.63, 3.8) is 0 Å². The number of nitrogens with two attached hydrogens (primary N) is 2. The van der Waals surface area contributed by atoms with Crippen LogP contribution in [0.1, 0.15) is 38.8 Å². The number of benzene rings is 3. The number of hydrogen-bond acceptors (Lipinski definition) is 9. The second kappa shape index (κ2) is 16.1. The fraction of sp³-hybridized carbons (Fsp3) is 0.190. The molecule has 3 aromatic carbocycles. The van der Waals surface area contributed by atoms with E-state index in [2.05, 4.69) is 59.4 Å². The van der Waals surface area contributed by atoms with E-state index in [4.69, 9.17) is 32.5 Å². The largest absolute Gasteiger partial charge is 0.496 e. The lowest BCUT2D eigenvalue weighted by atomic mass is 10.0. The normalized spacial score (nSPS) is 11.2. The standard InChI is InChI=1S/C24H21F2N5O.C18H17ClN4O/c1-24(2,27)11-10-14-4-8-20(32-3)17(12-14)22-16-6-9-21(29-23(16)31-30-22)28-19-7-5-15(25)13-18(19)26;1-18(2,20)9-8-11-4-6-14(24-3)13(10-11)16-12-5-7-15(19)21-17(12)23-22-16/h4-9,12-13H,27H2,1-3H3,(H2,28,29,30,31);4-7,10H,20H2,1-3H3,(H,21,22,23). The SMILES string of the molecule is COc1ccc(C#CC(C)(C)N)cc1-c1[nH]nc2nc(Cl)ccc12.COc1ccc(C#CC(C)(C)N)cc1-c1[nH]nc2nc(Nc3ccc(F)cc3F)ccc12. The number of halogens is 3. The summed E-state index contributed by atoms with van der Waals surface area (Å²) in [5, 5.41) is 19.4. The van der Waals surface area contributed by atoms with Crippen LogP contribution in [-0.2, 0) is 0 Å². The van der Waals surface area contributed by atoms with Gasteiger partial charge in [0.2, 0.25) is 0 Å². The number of anilines is 2. The number of pyridine rings is 2. The second-order valence-corrected chi connectivity index (χ2v) is 14.2. The zero-order valence-electron chi connectivity index (χ0n) is 31.4. The summed E-state index contributed by atoms with van der Waals surface area (Å²) >= 11 is 5.92. The summed E-state index contributed by atoms with van der Waals surface area (Å²) in [5.74, 6) is 12.6. The van der Waals surface area contributed by atoms with E-state index in [0.29, 0.717) is 39.5 Å². The Hall–Kier alpha value is -6.51. The molecule has 0 aliphatic carbocycles. The average Bonchev–Trinajstić information content (AvgIpc) is 3.77. The minimum absolute atomic E-state index is 0.116. The first-order valence-corrected chi connectivity index (χ1v) is 17.6. The molecule has 4 aromatic heterocycles. The first kappa shape index (κ1) is 39.2. The van der Waals surface area contributed by atoms with E-state index in [1.165, 1.54) is 12.1 Å². The molecule has 284 valence electrons. The molecule has 0 amide bonds. The zero-order chi connectivity index (χ0) is 40.2. The maximum atomic E-state index is 13.9. The van der Waals surface area contributed by atoms with Gasteiger partial charge in [-0.2, -0.15) is 10.2 Å². The van der Waals surface area contributed by atoms with Gasteiger partial charge in [-0.15, -0.1) is 0 Å². The van der Waals surface area contributed by atoms with Gasteiger partial charge in [0.05, 0.1) is 42.4 Å². The van der Waals surface area contributed by atoms with Crippen molar-refractivity contribution in [1.29, 1.82) is 0 Å². The molecule has 0 radical (unpaired) electrons. The Labute approximate surface area is 327 Å². The van der Waals surface area contributed by atoms with Gasteiger partial charge in [-0.1, -0.05) is 35.3 Å². The van der Waals surface area contributed by atoms with Gasteiger partial charge in [-0.25, -0.2) is 18.7 Å². The predicted molar refractivity (Wildman–Crippen MR) is 217 cm³/mol. The van der Waals surface area contributed by atoms with Crippen LogP contribution in [0.2, 0.25) is 5.15 Å². The van der Waals surface area contributed by atoms with Crippen molar-refractivity contribution in [2.75, 3.05) is 19.5 Å². The fourth-order valence-corrected chi connectivity index (χ4v) is 5.55. The Morgan fingerprint density at radius 2 is 1.20 bits per heavy atom. The number of hydrogen-bond donors (Lipinski definition) is 5. The highest BCUT2D eigenvalue weighted by Crippen LogP contribution is 2.36. The third-order valence-corrected chi connectivity index (χ3v) is 8.20. The molecule has 11 nitrogen and oxygen atoms in total. The molecule has 0 fully saturated rings. The average molecular weight is 774 g/mol. The Morgan fingerprint density at radius 1 is 0.679 bits per heavy atom. The molecular weight excluding hydrogens is 736 g/mol. The van der Waals surface area contributed by atoms with Crippen LogP contribution in [0.15, 0.2) is 78.9 Å². The molecule has 7 rings (SSSR count). The minimum atomic E-state index is -0.710. The fourth-order valence-electron chi connectivity index (χ4n) is 5.41. The molecule has 14 heteroatoms. The lowest BCUT2D eigenvalue weighted by Gasteiger charge is -2.10.